The Kier molecular flexibility index (Phi) is 7.05. The van der Waals surface area contributed by atoms with E-state index in [2.05, 4.69) is 5.32 Å². The van der Waals surface area contributed by atoms with Gasteiger partial charge in [0.15, 0.2) is 0 Å². The fourth-order valence-electron chi connectivity index (χ4n) is 1.54. The number of ether oxygens (including phenoxy) is 1. The molecular formula is C15H24N2O2S. The first kappa shape index (κ1) is 17.0. The molecule has 5 heteroatoms. The summed E-state index contributed by atoms with van der Waals surface area (Å²) in [6, 6.07) is 9.93. The molecule has 1 amide bonds. The Morgan fingerprint density at radius 2 is 2.05 bits per heavy atom. The van der Waals surface area contributed by atoms with Crippen molar-refractivity contribution < 1.29 is 9.53 Å². The van der Waals surface area contributed by atoms with E-state index in [9.17, 15) is 4.79 Å². The fourth-order valence-corrected chi connectivity index (χ4v) is 2.12. The summed E-state index contributed by atoms with van der Waals surface area (Å²) in [5.41, 5.74) is 5.80. The molecule has 1 rings (SSSR count). The van der Waals surface area contributed by atoms with Gasteiger partial charge < -0.3 is 15.8 Å². The minimum atomic E-state index is -0.686. The van der Waals surface area contributed by atoms with Gasteiger partial charge in [-0.15, -0.1) is 0 Å². The van der Waals surface area contributed by atoms with Gasteiger partial charge in [-0.05, 0) is 12.5 Å². The summed E-state index contributed by atoms with van der Waals surface area (Å²) in [7, 11) is 0. The Hall–Kier alpha value is -1.04. The lowest BCUT2D eigenvalue weighted by Crippen LogP contribution is -2.50. The summed E-state index contributed by atoms with van der Waals surface area (Å²) in [6.07, 6.45) is 0. The Balaban J connectivity index is 2.59. The van der Waals surface area contributed by atoms with Crippen LogP contribution < -0.4 is 11.1 Å². The van der Waals surface area contributed by atoms with Crippen molar-refractivity contribution in [2.24, 2.45) is 11.7 Å². The monoisotopic (exact) mass is 296 g/mol. The van der Waals surface area contributed by atoms with Crippen LogP contribution in [0.3, 0.4) is 0 Å². The lowest BCUT2D eigenvalue weighted by Gasteiger charge is -2.34. The molecule has 0 aliphatic rings. The molecule has 0 aliphatic carbocycles. The summed E-state index contributed by atoms with van der Waals surface area (Å²) < 4.78 is 5.95. The molecule has 112 valence electrons. The maximum absolute atomic E-state index is 11.8. The highest BCUT2D eigenvalue weighted by atomic mass is 32.2. The van der Waals surface area contributed by atoms with Crippen LogP contribution in [0.1, 0.15) is 26.3 Å². The number of nitrogens with one attached hydrogen (secondary N) is 1. The molecule has 0 bridgehead atoms. The van der Waals surface area contributed by atoms with Crippen molar-refractivity contribution in [3.8, 4) is 0 Å². The number of nitrogens with two attached hydrogens (primary N) is 1. The predicted molar refractivity (Wildman–Crippen MR) is 84.5 cm³/mol. The maximum Gasteiger partial charge on any atom is 0.281 e. The molecule has 1 atom stereocenters. The molecule has 1 aromatic rings. The van der Waals surface area contributed by atoms with Crippen LogP contribution in [0.15, 0.2) is 30.3 Å². The summed E-state index contributed by atoms with van der Waals surface area (Å²) in [4.78, 5) is 11.8. The molecule has 0 radical (unpaired) electrons. The van der Waals surface area contributed by atoms with Crippen LogP contribution >= 0.6 is 11.8 Å². The zero-order chi connectivity index (χ0) is 15.0. The zero-order valence-corrected chi connectivity index (χ0v) is 13.2. The number of amides is 1. The van der Waals surface area contributed by atoms with Crippen molar-refractivity contribution in [1.29, 1.82) is 0 Å². The summed E-state index contributed by atoms with van der Waals surface area (Å²) >= 11 is 1.19. The standard InChI is InChI=1S/C15H24N2O2S/c1-12(2)15(3,17-14(18)20-10-9-16)19-11-13-7-5-4-6-8-13/h4-8,12H,9-11,16H2,1-3H3,(H,17,18). The first-order valence-corrected chi connectivity index (χ1v) is 7.79. The fraction of sp³-hybridized carbons (Fsp3) is 0.533. The molecule has 0 aliphatic heterocycles. The van der Waals surface area contributed by atoms with E-state index in [1.807, 2.05) is 51.1 Å². The van der Waals surface area contributed by atoms with Gasteiger partial charge in [-0.25, -0.2) is 0 Å². The van der Waals surface area contributed by atoms with E-state index in [4.69, 9.17) is 10.5 Å². The van der Waals surface area contributed by atoms with Crippen LogP contribution in [0.25, 0.3) is 0 Å². The molecule has 0 saturated heterocycles. The number of benzene rings is 1. The van der Waals surface area contributed by atoms with E-state index >= 15 is 0 Å². The van der Waals surface area contributed by atoms with Gasteiger partial charge in [-0.2, -0.15) is 0 Å². The average Bonchev–Trinajstić information content (AvgIpc) is 2.44. The minimum Gasteiger partial charge on any atom is -0.351 e. The highest BCUT2D eigenvalue weighted by molar-refractivity contribution is 8.13. The number of hydrogen-bond donors (Lipinski definition) is 2. The van der Waals surface area contributed by atoms with E-state index in [1.54, 1.807) is 0 Å². The highest BCUT2D eigenvalue weighted by Gasteiger charge is 2.31. The topological polar surface area (TPSA) is 64.4 Å². The molecule has 0 aromatic heterocycles. The Morgan fingerprint density at radius 3 is 2.60 bits per heavy atom. The average molecular weight is 296 g/mol. The molecule has 0 heterocycles. The quantitative estimate of drug-likeness (QED) is 0.759. The van der Waals surface area contributed by atoms with Crippen molar-refractivity contribution in [1.82, 2.24) is 5.32 Å². The second kappa shape index (κ2) is 8.29. The van der Waals surface area contributed by atoms with Crippen molar-refractivity contribution in [3.05, 3.63) is 35.9 Å². The normalized spacial score (nSPS) is 14.1. The smallest absolute Gasteiger partial charge is 0.281 e. The number of thioether (sulfide) groups is 1. The largest absolute Gasteiger partial charge is 0.351 e. The van der Waals surface area contributed by atoms with Crippen LogP contribution in [0.2, 0.25) is 0 Å². The van der Waals surface area contributed by atoms with Gasteiger partial charge in [0.05, 0.1) is 6.61 Å². The summed E-state index contributed by atoms with van der Waals surface area (Å²) in [5.74, 6) is 0.771. The Bertz CT molecular complexity index is 412. The predicted octanol–water partition coefficient (Wildman–Crippen LogP) is 2.98. The minimum absolute atomic E-state index is 0.0975. The Morgan fingerprint density at radius 1 is 1.40 bits per heavy atom. The maximum atomic E-state index is 11.8. The second-order valence-electron chi connectivity index (χ2n) is 5.09. The molecule has 4 nitrogen and oxygen atoms in total. The van der Waals surface area contributed by atoms with Crippen LogP contribution in [-0.2, 0) is 11.3 Å². The molecule has 3 N–H and O–H groups in total. The SMILES string of the molecule is CC(C)C(C)(NC(=O)SCCN)OCc1ccccc1. The van der Waals surface area contributed by atoms with Gasteiger partial charge in [0, 0.05) is 18.2 Å². The number of hydrogen-bond acceptors (Lipinski definition) is 4. The molecule has 0 fully saturated rings. The zero-order valence-electron chi connectivity index (χ0n) is 12.4. The van der Waals surface area contributed by atoms with E-state index in [-0.39, 0.29) is 11.2 Å². The van der Waals surface area contributed by atoms with E-state index in [0.717, 1.165) is 5.56 Å². The summed E-state index contributed by atoms with van der Waals surface area (Å²) in [6.45, 7) is 6.91. The van der Waals surface area contributed by atoms with Crippen LogP contribution in [0, 0.1) is 5.92 Å². The third-order valence-corrected chi connectivity index (χ3v) is 3.99. The molecule has 0 saturated carbocycles. The van der Waals surface area contributed by atoms with Crippen molar-refractivity contribution in [2.75, 3.05) is 12.3 Å². The van der Waals surface area contributed by atoms with E-state index in [1.165, 1.54) is 11.8 Å². The molecule has 1 aromatic carbocycles. The highest BCUT2D eigenvalue weighted by Crippen LogP contribution is 2.21. The van der Waals surface area contributed by atoms with Gasteiger partial charge in [0.1, 0.15) is 5.72 Å². The van der Waals surface area contributed by atoms with Gasteiger partial charge in [-0.1, -0.05) is 55.9 Å². The van der Waals surface area contributed by atoms with Crippen molar-refractivity contribution in [2.45, 2.75) is 33.1 Å². The van der Waals surface area contributed by atoms with E-state index in [0.29, 0.717) is 18.9 Å². The second-order valence-corrected chi connectivity index (χ2v) is 6.15. The van der Waals surface area contributed by atoms with Crippen LogP contribution in [0.5, 0.6) is 0 Å². The summed E-state index contributed by atoms with van der Waals surface area (Å²) in [5, 5.41) is 2.85. The van der Waals surface area contributed by atoms with Crippen LogP contribution in [0.4, 0.5) is 4.79 Å². The first-order chi connectivity index (χ1) is 9.48. The first-order valence-electron chi connectivity index (χ1n) is 6.81. The van der Waals surface area contributed by atoms with Crippen molar-refractivity contribution >= 4 is 17.0 Å². The molecule has 1 unspecified atom stereocenters. The van der Waals surface area contributed by atoms with E-state index < -0.39 is 5.72 Å². The number of rotatable bonds is 7. The van der Waals surface area contributed by atoms with Gasteiger partial charge in [0.2, 0.25) is 0 Å². The lowest BCUT2D eigenvalue weighted by molar-refractivity contribution is -0.0881. The van der Waals surface area contributed by atoms with Gasteiger partial charge >= 0.3 is 0 Å². The van der Waals surface area contributed by atoms with Gasteiger partial charge in [-0.3, -0.25) is 4.79 Å². The number of carbonyl (C=O) groups is 1. The van der Waals surface area contributed by atoms with Crippen molar-refractivity contribution in [3.63, 3.8) is 0 Å². The molecular weight excluding hydrogens is 272 g/mol. The van der Waals surface area contributed by atoms with Gasteiger partial charge in [0.25, 0.3) is 5.24 Å². The molecule has 0 spiro atoms. The number of carbonyl (C=O) groups excluding carboxylic acids is 1. The van der Waals surface area contributed by atoms with Crippen LogP contribution in [-0.4, -0.2) is 23.3 Å². The third-order valence-electron chi connectivity index (χ3n) is 3.18. The third kappa shape index (κ3) is 5.53. The Labute approximate surface area is 125 Å². The lowest BCUT2D eigenvalue weighted by atomic mass is 10.0. The molecule has 20 heavy (non-hydrogen) atoms.